The Bertz CT molecular complexity index is 1980. The molecule has 1 aliphatic carbocycles. The number of anilines is 1. The average molecular weight is 622 g/mol. The standard InChI is InChI=1S/C34H36FN9O2/c1-21-5-6-26(15-38-21)41-11-3-4-27(19-41)42(16-23-9-10-37-22(2)12-23)17-24-18-43(25-7-8-25)31-14-32(29(35)13-28(31)33(24)45)44-20-30(34(36)46)39-40-44/h5-6,9-10,12-15,18,20,25,27H,3-4,7-8,11,16-17,19H2,1-2H3,(H2,36,46). The minimum atomic E-state index is -0.755. The molecule has 5 aromatic rings. The van der Waals surface area contributed by atoms with E-state index in [1.807, 2.05) is 44.6 Å². The van der Waals surface area contributed by atoms with Crippen molar-refractivity contribution < 1.29 is 9.18 Å². The van der Waals surface area contributed by atoms with Gasteiger partial charge in [0.15, 0.2) is 11.1 Å². The summed E-state index contributed by atoms with van der Waals surface area (Å²) in [6.45, 7) is 6.79. The fourth-order valence-corrected chi connectivity index (χ4v) is 6.46. The van der Waals surface area contributed by atoms with Crippen LogP contribution in [0, 0.1) is 19.7 Å². The number of hydrogen-bond acceptors (Lipinski definition) is 8. The number of pyridine rings is 3. The van der Waals surface area contributed by atoms with Crippen LogP contribution in [-0.4, -0.2) is 59.5 Å². The van der Waals surface area contributed by atoms with Crippen LogP contribution in [-0.2, 0) is 13.1 Å². The van der Waals surface area contributed by atoms with Gasteiger partial charge in [-0.2, -0.15) is 0 Å². The molecule has 0 radical (unpaired) electrons. The molecular weight excluding hydrogens is 585 g/mol. The minimum absolute atomic E-state index is 0.0705. The summed E-state index contributed by atoms with van der Waals surface area (Å²) in [6, 6.07) is 11.6. The first-order chi connectivity index (χ1) is 22.2. The third kappa shape index (κ3) is 6.00. The zero-order valence-corrected chi connectivity index (χ0v) is 25.9. The number of fused-ring (bicyclic) bond motifs is 1. The molecule has 1 amide bonds. The number of carbonyl (C=O) groups is 1. The Morgan fingerprint density at radius 1 is 1.04 bits per heavy atom. The molecule has 1 aliphatic heterocycles. The lowest BCUT2D eigenvalue weighted by molar-refractivity contribution is 0.0995. The monoisotopic (exact) mass is 621 g/mol. The predicted octanol–water partition coefficient (Wildman–Crippen LogP) is 4.23. The van der Waals surface area contributed by atoms with Crippen molar-refractivity contribution in [2.75, 3.05) is 18.0 Å². The zero-order valence-electron chi connectivity index (χ0n) is 25.9. The van der Waals surface area contributed by atoms with E-state index in [1.54, 1.807) is 6.07 Å². The van der Waals surface area contributed by atoms with Gasteiger partial charge in [0.1, 0.15) is 11.5 Å². The Hall–Kier alpha value is -4.97. The summed E-state index contributed by atoms with van der Waals surface area (Å²) >= 11 is 0. The fraction of sp³-hybridized carbons (Fsp3) is 0.353. The highest BCUT2D eigenvalue weighted by atomic mass is 19.1. The zero-order chi connectivity index (χ0) is 31.9. The van der Waals surface area contributed by atoms with Crippen LogP contribution in [0.15, 0.2) is 66.0 Å². The largest absolute Gasteiger partial charge is 0.369 e. The van der Waals surface area contributed by atoms with Crippen molar-refractivity contribution in [2.24, 2.45) is 5.73 Å². The molecule has 12 heteroatoms. The van der Waals surface area contributed by atoms with Crippen LogP contribution in [0.4, 0.5) is 10.1 Å². The van der Waals surface area contributed by atoms with Crippen molar-refractivity contribution in [1.29, 1.82) is 0 Å². The maximum absolute atomic E-state index is 15.6. The van der Waals surface area contributed by atoms with Gasteiger partial charge in [-0.15, -0.1) is 5.10 Å². The van der Waals surface area contributed by atoms with Crippen molar-refractivity contribution in [1.82, 2.24) is 34.4 Å². The summed E-state index contributed by atoms with van der Waals surface area (Å²) in [5, 5.41) is 7.96. The van der Waals surface area contributed by atoms with E-state index >= 15 is 4.39 Å². The van der Waals surface area contributed by atoms with Crippen LogP contribution in [0.1, 0.15) is 64.7 Å². The van der Waals surface area contributed by atoms with Crippen molar-refractivity contribution >= 4 is 22.5 Å². The number of rotatable bonds is 9. The van der Waals surface area contributed by atoms with Gasteiger partial charge in [0, 0.05) is 73.0 Å². The maximum Gasteiger partial charge on any atom is 0.270 e. The summed E-state index contributed by atoms with van der Waals surface area (Å²) in [5.41, 5.74) is 10.6. The Morgan fingerprint density at radius 3 is 2.61 bits per heavy atom. The van der Waals surface area contributed by atoms with E-state index in [4.69, 9.17) is 5.73 Å². The number of nitrogens with zero attached hydrogens (tertiary/aromatic N) is 8. The van der Waals surface area contributed by atoms with E-state index in [0.29, 0.717) is 29.6 Å². The summed E-state index contributed by atoms with van der Waals surface area (Å²) in [6.07, 6.45) is 11.0. The molecule has 46 heavy (non-hydrogen) atoms. The smallest absolute Gasteiger partial charge is 0.270 e. The van der Waals surface area contributed by atoms with Gasteiger partial charge in [-0.1, -0.05) is 5.21 Å². The van der Waals surface area contributed by atoms with Gasteiger partial charge >= 0.3 is 0 Å². The van der Waals surface area contributed by atoms with Gasteiger partial charge in [0.25, 0.3) is 5.91 Å². The molecule has 1 aromatic carbocycles. The number of halogens is 1. The van der Waals surface area contributed by atoms with Gasteiger partial charge in [-0.3, -0.25) is 24.5 Å². The first-order valence-corrected chi connectivity index (χ1v) is 15.7. The molecule has 2 aliphatic rings. The van der Waals surface area contributed by atoms with Gasteiger partial charge in [-0.05, 0) is 81.5 Å². The molecule has 236 valence electrons. The predicted molar refractivity (Wildman–Crippen MR) is 172 cm³/mol. The molecule has 4 aromatic heterocycles. The molecule has 1 saturated carbocycles. The number of aryl methyl sites for hydroxylation is 2. The Balaban J connectivity index is 1.27. The van der Waals surface area contributed by atoms with Crippen LogP contribution in [0.25, 0.3) is 16.6 Å². The maximum atomic E-state index is 15.6. The first-order valence-electron chi connectivity index (χ1n) is 15.7. The molecule has 1 unspecified atom stereocenters. The fourth-order valence-electron chi connectivity index (χ4n) is 6.46. The highest BCUT2D eigenvalue weighted by molar-refractivity contribution is 5.90. The van der Waals surface area contributed by atoms with Crippen LogP contribution in [0.2, 0.25) is 0 Å². The number of aromatic nitrogens is 6. The number of carbonyl (C=O) groups excluding carboxylic acids is 1. The highest BCUT2D eigenvalue weighted by Crippen LogP contribution is 2.38. The molecule has 0 bridgehead atoms. The third-order valence-corrected chi connectivity index (χ3v) is 9.00. The van der Waals surface area contributed by atoms with Gasteiger partial charge in [-0.25, -0.2) is 9.07 Å². The lowest BCUT2D eigenvalue weighted by atomic mass is 10.0. The normalized spacial score (nSPS) is 16.8. The lowest BCUT2D eigenvalue weighted by Gasteiger charge is -2.40. The van der Waals surface area contributed by atoms with E-state index in [9.17, 15) is 9.59 Å². The number of benzene rings is 1. The van der Waals surface area contributed by atoms with Crippen LogP contribution in [0.5, 0.6) is 0 Å². The van der Waals surface area contributed by atoms with Gasteiger partial charge in [0.05, 0.1) is 23.6 Å². The van der Waals surface area contributed by atoms with E-state index in [0.717, 1.165) is 61.4 Å². The molecule has 5 heterocycles. The number of nitrogens with two attached hydrogens (primary N) is 1. The van der Waals surface area contributed by atoms with Crippen LogP contribution < -0.4 is 16.1 Å². The van der Waals surface area contributed by atoms with E-state index < -0.39 is 11.7 Å². The van der Waals surface area contributed by atoms with E-state index in [2.05, 4.69) is 46.8 Å². The van der Waals surface area contributed by atoms with E-state index in [-0.39, 0.29) is 28.9 Å². The van der Waals surface area contributed by atoms with Gasteiger partial charge < -0.3 is 15.2 Å². The molecular formula is C34H36FN9O2. The van der Waals surface area contributed by atoms with Crippen molar-refractivity contribution in [3.63, 3.8) is 0 Å². The van der Waals surface area contributed by atoms with Crippen LogP contribution in [0.3, 0.4) is 0 Å². The Kier molecular flexibility index (Phi) is 7.81. The Morgan fingerprint density at radius 2 is 1.89 bits per heavy atom. The summed E-state index contributed by atoms with van der Waals surface area (Å²) < 4.78 is 18.9. The molecule has 1 saturated heterocycles. The molecule has 11 nitrogen and oxygen atoms in total. The first kappa shape index (κ1) is 29.7. The summed E-state index contributed by atoms with van der Waals surface area (Å²) in [7, 11) is 0. The van der Waals surface area contributed by atoms with Crippen LogP contribution >= 0.6 is 0 Å². The second-order valence-electron chi connectivity index (χ2n) is 12.5. The number of amides is 1. The lowest BCUT2D eigenvalue weighted by Crippen LogP contribution is -2.48. The molecule has 1 atom stereocenters. The molecule has 7 rings (SSSR count). The van der Waals surface area contributed by atoms with Crippen molar-refractivity contribution in [3.8, 4) is 5.69 Å². The molecule has 2 fully saturated rings. The molecule has 2 N–H and O–H groups in total. The highest BCUT2D eigenvalue weighted by Gasteiger charge is 2.30. The van der Waals surface area contributed by atoms with Crippen molar-refractivity contribution in [3.05, 3.63) is 105 Å². The quantitative estimate of drug-likeness (QED) is 0.259. The topological polar surface area (TPSA) is 128 Å². The SMILES string of the molecule is Cc1ccc(N2CCCC(N(Cc3ccnc(C)c3)Cc3cn(C4CC4)c4cc(-n5cc(C(N)=O)nn5)c(F)cc4c3=O)C2)cn1. The average Bonchev–Trinajstić information content (AvgIpc) is 3.77. The number of piperidine rings is 1. The molecule has 0 spiro atoms. The Labute approximate surface area is 265 Å². The minimum Gasteiger partial charge on any atom is -0.369 e. The second kappa shape index (κ2) is 12.1. The summed E-state index contributed by atoms with van der Waals surface area (Å²) in [5.74, 6) is -1.39. The summed E-state index contributed by atoms with van der Waals surface area (Å²) in [4.78, 5) is 39.4. The number of primary amides is 1. The third-order valence-electron chi connectivity index (χ3n) is 9.00. The van der Waals surface area contributed by atoms with Gasteiger partial charge in [0.2, 0.25) is 0 Å². The van der Waals surface area contributed by atoms with Crippen molar-refractivity contribution in [2.45, 2.75) is 64.7 Å². The second-order valence-corrected chi connectivity index (χ2v) is 12.5. The van der Waals surface area contributed by atoms with E-state index in [1.165, 1.54) is 16.9 Å². The number of hydrogen-bond donors (Lipinski definition) is 1.